The van der Waals surface area contributed by atoms with E-state index >= 15 is 0 Å². The fraction of sp³-hybridized carbons (Fsp3) is 0.333. The van der Waals surface area contributed by atoms with Gasteiger partial charge < -0.3 is 15.4 Å². The summed E-state index contributed by atoms with van der Waals surface area (Å²) >= 11 is 0. The molecule has 0 saturated heterocycles. The van der Waals surface area contributed by atoms with Gasteiger partial charge in [-0.3, -0.25) is 9.59 Å². The van der Waals surface area contributed by atoms with Crippen molar-refractivity contribution in [1.82, 2.24) is 5.32 Å². The number of anilines is 1. The normalized spacial score (nSPS) is 12.8. The van der Waals surface area contributed by atoms with Crippen LogP contribution in [0.15, 0.2) is 48.5 Å². The van der Waals surface area contributed by atoms with Crippen LogP contribution >= 0.6 is 0 Å². The molecule has 0 bridgehead atoms. The number of nitrogens with one attached hydrogen (secondary N) is 2. The lowest BCUT2D eigenvalue weighted by molar-refractivity contribution is -0.123. The number of aryl methyl sites for hydroxylation is 2. The summed E-state index contributed by atoms with van der Waals surface area (Å²) in [5.74, 6) is 0.577. The fourth-order valence-corrected chi connectivity index (χ4v) is 2.98. The van der Waals surface area contributed by atoms with E-state index in [-0.39, 0.29) is 18.4 Å². The maximum atomic E-state index is 11.9. The molecule has 1 aliphatic heterocycles. The van der Waals surface area contributed by atoms with Crippen molar-refractivity contribution in [3.05, 3.63) is 59.7 Å². The van der Waals surface area contributed by atoms with Gasteiger partial charge in [0.2, 0.25) is 5.91 Å². The molecule has 136 valence electrons. The van der Waals surface area contributed by atoms with Crippen molar-refractivity contribution in [1.29, 1.82) is 0 Å². The Morgan fingerprint density at radius 1 is 1.08 bits per heavy atom. The van der Waals surface area contributed by atoms with E-state index in [1.54, 1.807) is 6.07 Å². The molecule has 5 nitrogen and oxygen atoms in total. The number of carbonyl (C=O) groups is 2. The van der Waals surface area contributed by atoms with Crippen molar-refractivity contribution in [2.24, 2.45) is 0 Å². The number of hydrogen-bond acceptors (Lipinski definition) is 3. The Labute approximate surface area is 153 Å². The van der Waals surface area contributed by atoms with Gasteiger partial charge in [0.05, 0.1) is 0 Å². The zero-order chi connectivity index (χ0) is 18.2. The lowest BCUT2D eigenvalue weighted by atomic mass is 10.0. The number of rotatable bonds is 8. The number of unbranched alkanes of at least 4 members (excludes halogenated alkanes) is 1. The molecule has 5 heteroatoms. The molecule has 1 heterocycles. The molecule has 0 spiro atoms. The molecule has 0 aromatic heterocycles. The molecule has 2 aromatic carbocycles. The highest BCUT2D eigenvalue weighted by atomic mass is 16.5. The molecule has 0 fully saturated rings. The van der Waals surface area contributed by atoms with E-state index in [1.165, 1.54) is 5.56 Å². The lowest BCUT2D eigenvalue weighted by Gasteiger charge is -2.17. The number of benzene rings is 2. The molecule has 0 unspecified atom stereocenters. The smallest absolute Gasteiger partial charge is 0.257 e. The van der Waals surface area contributed by atoms with Crippen LogP contribution in [-0.2, 0) is 22.4 Å². The monoisotopic (exact) mass is 352 g/mol. The third kappa shape index (κ3) is 5.34. The van der Waals surface area contributed by atoms with Crippen molar-refractivity contribution in [3.8, 4) is 5.75 Å². The van der Waals surface area contributed by atoms with Gasteiger partial charge in [0.15, 0.2) is 6.61 Å². The van der Waals surface area contributed by atoms with Crippen LogP contribution in [0.1, 0.15) is 30.4 Å². The second-order valence-electron chi connectivity index (χ2n) is 6.45. The van der Waals surface area contributed by atoms with Crippen LogP contribution in [0, 0.1) is 0 Å². The number of carbonyl (C=O) groups excluding carboxylic acids is 2. The first-order valence-electron chi connectivity index (χ1n) is 9.07. The van der Waals surface area contributed by atoms with Crippen LogP contribution in [0.3, 0.4) is 0 Å². The van der Waals surface area contributed by atoms with Gasteiger partial charge in [-0.1, -0.05) is 30.3 Å². The molecule has 1 aliphatic rings. The molecule has 2 aromatic rings. The Kier molecular flexibility index (Phi) is 6.25. The Bertz CT molecular complexity index is 759. The van der Waals surface area contributed by atoms with Crippen LogP contribution < -0.4 is 15.4 Å². The molecule has 0 atom stereocenters. The molecule has 2 amide bonds. The first kappa shape index (κ1) is 18.0. The maximum absolute atomic E-state index is 11.9. The Hall–Kier alpha value is -2.82. The third-order valence-corrected chi connectivity index (χ3v) is 4.40. The quantitative estimate of drug-likeness (QED) is 0.718. The summed E-state index contributed by atoms with van der Waals surface area (Å²) in [5.41, 5.74) is 3.20. The van der Waals surface area contributed by atoms with E-state index < -0.39 is 0 Å². The van der Waals surface area contributed by atoms with Gasteiger partial charge in [-0.15, -0.1) is 0 Å². The van der Waals surface area contributed by atoms with Crippen molar-refractivity contribution in [2.75, 3.05) is 18.5 Å². The molecule has 0 saturated carbocycles. The first-order chi connectivity index (χ1) is 12.7. The minimum atomic E-state index is -0.115. The predicted molar refractivity (Wildman–Crippen MR) is 101 cm³/mol. The fourth-order valence-electron chi connectivity index (χ4n) is 2.98. The molecular formula is C21H24N2O3. The van der Waals surface area contributed by atoms with Gasteiger partial charge in [-0.25, -0.2) is 0 Å². The molecule has 26 heavy (non-hydrogen) atoms. The minimum absolute atomic E-state index is 0.00380. The zero-order valence-corrected chi connectivity index (χ0v) is 14.8. The van der Waals surface area contributed by atoms with Crippen LogP contribution in [0.5, 0.6) is 5.75 Å². The first-order valence-corrected chi connectivity index (χ1v) is 9.07. The van der Waals surface area contributed by atoms with E-state index in [0.29, 0.717) is 25.1 Å². The highest BCUT2D eigenvalue weighted by molar-refractivity contribution is 5.94. The summed E-state index contributed by atoms with van der Waals surface area (Å²) in [7, 11) is 0. The number of hydrogen-bond donors (Lipinski definition) is 2. The van der Waals surface area contributed by atoms with Gasteiger partial charge >= 0.3 is 0 Å². The topological polar surface area (TPSA) is 67.4 Å². The molecule has 0 aliphatic carbocycles. The second-order valence-corrected chi connectivity index (χ2v) is 6.45. The molecule has 0 radical (unpaired) electrons. The molecular weight excluding hydrogens is 328 g/mol. The largest absolute Gasteiger partial charge is 0.484 e. The Morgan fingerprint density at radius 2 is 1.92 bits per heavy atom. The summed E-state index contributed by atoms with van der Waals surface area (Å²) in [6.07, 6.45) is 4.20. The minimum Gasteiger partial charge on any atom is -0.484 e. The number of ether oxygens (including phenoxy) is 1. The van der Waals surface area contributed by atoms with Gasteiger partial charge in [0, 0.05) is 18.7 Å². The van der Waals surface area contributed by atoms with E-state index in [0.717, 1.165) is 30.5 Å². The Balaban J connectivity index is 1.33. The molecule has 2 N–H and O–H groups in total. The van der Waals surface area contributed by atoms with E-state index in [1.807, 2.05) is 30.3 Å². The van der Waals surface area contributed by atoms with Crippen LogP contribution in [-0.4, -0.2) is 25.0 Å². The van der Waals surface area contributed by atoms with Crippen molar-refractivity contribution >= 4 is 17.5 Å². The van der Waals surface area contributed by atoms with Crippen LogP contribution in [0.2, 0.25) is 0 Å². The SMILES string of the molecule is O=C(COc1ccc2c(c1)CCC(=O)N2)NCCCCc1ccccc1. The average molecular weight is 352 g/mol. The number of amides is 2. The van der Waals surface area contributed by atoms with E-state index in [4.69, 9.17) is 4.74 Å². The summed E-state index contributed by atoms with van der Waals surface area (Å²) in [6, 6.07) is 15.8. The summed E-state index contributed by atoms with van der Waals surface area (Å²) < 4.78 is 5.56. The van der Waals surface area contributed by atoms with Gasteiger partial charge in [-0.05, 0) is 55.0 Å². The summed E-state index contributed by atoms with van der Waals surface area (Å²) in [6.45, 7) is 0.662. The lowest BCUT2D eigenvalue weighted by Crippen LogP contribution is -2.29. The maximum Gasteiger partial charge on any atom is 0.257 e. The number of fused-ring (bicyclic) bond motifs is 1. The third-order valence-electron chi connectivity index (χ3n) is 4.40. The predicted octanol–water partition coefficient (Wildman–Crippen LogP) is 3.09. The highest BCUT2D eigenvalue weighted by Crippen LogP contribution is 2.26. The average Bonchev–Trinajstić information content (AvgIpc) is 2.67. The van der Waals surface area contributed by atoms with Gasteiger partial charge in [0.1, 0.15) is 5.75 Å². The second kappa shape index (κ2) is 9.04. The van der Waals surface area contributed by atoms with Crippen molar-refractivity contribution in [2.45, 2.75) is 32.1 Å². The van der Waals surface area contributed by atoms with Crippen molar-refractivity contribution in [3.63, 3.8) is 0 Å². The summed E-state index contributed by atoms with van der Waals surface area (Å²) in [4.78, 5) is 23.2. The zero-order valence-electron chi connectivity index (χ0n) is 14.8. The van der Waals surface area contributed by atoms with Gasteiger partial charge in [0.25, 0.3) is 5.91 Å². The van der Waals surface area contributed by atoms with Crippen LogP contribution in [0.4, 0.5) is 5.69 Å². The van der Waals surface area contributed by atoms with E-state index in [9.17, 15) is 9.59 Å². The standard InChI is InChI=1S/C21H24N2O3/c24-20-12-9-17-14-18(10-11-19(17)23-20)26-15-21(25)22-13-5-4-8-16-6-2-1-3-7-16/h1-3,6-7,10-11,14H,4-5,8-9,12-13,15H2,(H,22,25)(H,23,24). The highest BCUT2D eigenvalue weighted by Gasteiger charge is 2.15. The summed E-state index contributed by atoms with van der Waals surface area (Å²) in [5, 5.41) is 5.72. The van der Waals surface area contributed by atoms with Gasteiger partial charge in [-0.2, -0.15) is 0 Å². The molecule has 3 rings (SSSR count). The van der Waals surface area contributed by atoms with E-state index in [2.05, 4.69) is 22.8 Å². The van der Waals surface area contributed by atoms with Crippen molar-refractivity contribution < 1.29 is 14.3 Å². The Morgan fingerprint density at radius 3 is 2.77 bits per heavy atom. The van der Waals surface area contributed by atoms with Crippen LogP contribution in [0.25, 0.3) is 0 Å².